The molecule has 0 radical (unpaired) electrons. The van der Waals surface area contributed by atoms with E-state index in [4.69, 9.17) is 0 Å². The quantitative estimate of drug-likeness (QED) is 0.694. The van der Waals surface area contributed by atoms with Crippen molar-refractivity contribution in [3.8, 4) is 0 Å². The van der Waals surface area contributed by atoms with Crippen molar-refractivity contribution >= 4 is 44.4 Å². The highest BCUT2D eigenvalue weighted by molar-refractivity contribution is 14.1. The molecule has 0 unspecified atom stereocenters. The van der Waals surface area contributed by atoms with Gasteiger partial charge >= 0.3 is 0 Å². The largest absolute Gasteiger partial charge is 0.351 e. The van der Waals surface area contributed by atoms with Crippen molar-refractivity contribution in [1.82, 2.24) is 10.2 Å². The van der Waals surface area contributed by atoms with Gasteiger partial charge in [-0.05, 0) is 76.6 Å². The highest BCUT2D eigenvalue weighted by atomic mass is 127. The number of hydrogen-bond donors (Lipinski definition) is 1. The van der Waals surface area contributed by atoms with Gasteiger partial charge in [-0.1, -0.05) is 12.8 Å². The van der Waals surface area contributed by atoms with Crippen LogP contribution in [0.25, 0.3) is 0 Å². The number of halogens is 2. The SMILES string of the molecule is CN(CCNC(=O)c1cc(I)ccc1Br)C1CCCC1. The molecule has 0 heterocycles. The fourth-order valence-electron chi connectivity index (χ4n) is 2.64. The van der Waals surface area contributed by atoms with Crippen molar-refractivity contribution in [1.29, 1.82) is 0 Å². The molecule has 0 atom stereocenters. The highest BCUT2D eigenvalue weighted by Gasteiger charge is 2.19. The molecule has 0 bridgehead atoms. The molecule has 1 aromatic carbocycles. The first kappa shape index (κ1) is 16.2. The summed E-state index contributed by atoms with van der Waals surface area (Å²) in [7, 11) is 2.16. The zero-order valence-electron chi connectivity index (χ0n) is 11.7. The van der Waals surface area contributed by atoms with Gasteiger partial charge in [0.25, 0.3) is 5.91 Å². The van der Waals surface area contributed by atoms with Crippen molar-refractivity contribution in [2.45, 2.75) is 31.7 Å². The number of amides is 1. The molecule has 0 spiro atoms. The van der Waals surface area contributed by atoms with Crippen molar-refractivity contribution in [3.05, 3.63) is 31.8 Å². The van der Waals surface area contributed by atoms with Crippen LogP contribution in [0, 0.1) is 3.57 Å². The monoisotopic (exact) mass is 450 g/mol. The number of carbonyl (C=O) groups is 1. The van der Waals surface area contributed by atoms with E-state index in [1.165, 1.54) is 25.7 Å². The minimum atomic E-state index is -0.00443. The Labute approximate surface area is 142 Å². The first-order valence-corrected chi connectivity index (χ1v) is 8.88. The van der Waals surface area contributed by atoms with Crippen molar-refractivity contribution in [3.63, 3.8) is 0 Å². The molecule has 20 heavy (non-hydrogen) atoms. The van der Waals surface area contributed by atoms with E-state index in [1.54, 1.807) is 0 Å². The van der Waals surface area contributed by atoms with E-state index in [0.717, 1.165) is 14.6 Å². The second kappa shape index (κ2) is 7.75. The van der Waals surface area contributed by atoms with Gasteiger partial charge in [-0.25, -0.2) is 0 Å². The van der Waals surface area contributed by atoms with Gasteiger partial charge in [0, 0.05) is 27.2 Å². The Balaban J connectivity index is 1.81. The first-order valence-electron chi connectivity index (χ1n) is 7.01. The Kier molecular flexibility index (Phi) is 6.29. The zero-order chi connectivity index (χ0) is 14.5. The Hall–Kier alpha value is -0.140. The van der Waals surface area contributed by atoms with Crippen LogP contribution in [0.4, 0.5) is 0 Å². The second-order valence-corrected chi connectivity index (χ2v) is 7.40. The molecule has 1 amide bonds. The molecule has 1 N–H and O–H groups in total. The fraction of sp³-hybridized carbons (Fsp3) is 0.533. The van der Waals surface area contributed by atoms with Gasteiger partial charge in [0.1, 0.15) is 0 Å². The van der Waals surface area contributed by atoms with Crippen LogP contribution < -0.4 is 5.32 Å². The van der Waals surface area contributed by atoms with E-state index in [9.17, 15) is 4.79 Å². The summed E-state index contributed by atoms with van der Waals surface area (Å²) < 4.78 is 1.92. The van der Waals surface area contributed by atoms with Crippen LogP contribution in [-0.2, 0) is 0 Å². The van der Waals surface area contributed by atoms with E-state index in [1.807, 2.05) is 18.2 Å². The molecule has 1 aromatic rings. The fourth-order valence-corrected chi connectivity index (χ4v) is 3.56. The topological polar surface area (TPSA) is 32.3 Å². The minimum Gasteiger partial charge on any atom is -0.351 e. The van der Waals surface area contributed by atoms with Gasteiger partial charge in [-0.3, -0.25) is 4.79 Å². The lowest BCUT2D eigenvalue weighted by molar-refractivity contribution is 0.0946. The van der Waals surface area contributed by atoms with Crippen LogP contribution in [0.2, 0.25) is 0 Å². The predicted octanol–water partition coefficient (Wildman–Crippen LogP) is 3.66. The number of likely N-dealkylation sites (N-methyl/N-ethyl adjacent to an activating group) is 1. The summed E-state index contributed by atoms with van der Waals surface area (Å²) in [6.45, 7) is 1.61. The number of nitrogens with zero attached hydrogens (tertiary/aromatic N) is 1. The zero-order valence-corrected chi connectivity index (χ0v) is 15.4. The number of hydrogen-bond acceptors (Lipinski definition) is 2. The van der Waals surface area contributed by atoms with E-state index in [-0.39, 0.29) is 5.91 Å². The van der Waals surface area contributed by atoms with Crippen molar-refractivity contribution in [2.75, 3.05) is 20.1 Å². The third kappa shape index (κ3) is 4.43. The average Bonchev–Trinajstić information content (AvgIpc) is 2.95. The molecule has 1 aliphatic carbocycles. The Bertz CT molecular complexity index is 475. The van der Waals surface area contributed by atoms with Gasteiger partial charge in [0.2, 0.25) is 0 Å². The molecule has 0 saturated heterocycles. The van der Waals surface area contributed by atoms with E-state index in [2.05, 4.69) is 55.8 Å². The molecular formula is C15H20BrIN2O. The van der Waals surface area contributed by atoms with Gasteiger partial charge in [-0.15, -0.1) is 0 Å². The molecule has 0 aliphatic heterocycles. The van der Waals surface area contributed by atoms with Crippen LogP contribution in [0.15, 0.2) is 22.7 Å². The maximum atomic E-state index is 12.2. The average molecular weight is 451 g/mol. The second-order valence-electron chi connectivity index (χ2n) is 5.30. The van der Waals surface area contributed by atoms with Crippen LogP contribution in [-0.4, -0.2) is 37.0 Å². The summed E-state index contributed by atoms with van der Waals surface area (Å²) >= 11 is 5.65. The smallest absolute Gasteiger partial charge is 0.252 e. The van der Waals surface area contributed by atoms with E-state index in [0.29, 0.717) is 18.2 Å². The third-order valence-corrected chi connectivity index (χ3v) is 5.23. The van der Waals surface area contributed by atoms with Gasteiger partial charge in [-0.2, -0.15) is 0 Å². The van der Waals surface area contributed by atoms with Crippen LogP contribution in [0.3, 0.4) is 0 Å². The Morgan fingerprint density at radius 3 is 2.85 bits per heavy atom. The molecule has 2 rings (SSSR count). The van der Waals surface area contributed by atoms with Crippen LogP contribution in [0.1, 0.15) is 36.0 Å². The highest BCUT2D eigenvalue weighted by Crippen LogP contribution is 2.22. The summed E-state index contributed by atoms with van der Waals surface area (Å²) in [5.74, 6) is -0.00443. The minimum absolute atomic E-state index is 0.00443. The first-order chi connectivity index (χ1) is 9.58. The molecule has 1 fully saturated rings. The normalized spacial score (nSPS) is 15.8. The predicted molar refractivity (Wildman–Crippen MR) is 94.1 cm³/mol. The maximum Gasteiger partial charge on any atom is 0.252 e. The summed E-state index contributed by atoms with van der Waals surface area (Å²) in [5, 5.41) is 3.01. The summed E-state index contributed by atoms with van der Waals surface area (Å²) in [4.78, 5) is 14.5. The number of carbonyl (C=O) groups excluding carboxylic acids is 1. The van der Waals surface area contributed by atoms with Gasteiger partial charge < -0.3 is 10.2 Å². The molecule has 5 heteroatoms. The lowest BCUT2D eigenvalue weighted by atomic mass is 10.2. The summed E-state index contributed by atoms with van der Waals surface area (Å²) in [6, 6.07) is 6.51. The standard InChI is InChI=1S/C15H20BrIN2O/c1-19(12-4-2-3-5-12)9-8-18-15(20)13-10-11(17)6-7-14(13)16/h6-7,10,12H,2-5,8-9H2,1H3,(H,18,20). The number of benzene rings is 1. The van der Waals surface area contributed by atoms with E-state index < -0.39 is 0 Å². The van der Waals surface area contributed by atoms with Gasteiger partial charge in [0.05, 0.1) is 5.56 Å². The Morgan fingerprint density at radius 1 is 1.45 bits per heavy atom. The van der Waals surface area contributed by atoms with Crippen LogP contribution >= 0.6 is 38.5 Å². The molecule has 110 valence electrons. The van der Waals surface area contributed by atoms with Crippen LogP contribution in [0.5, 0.6) is 0 Å². The molecule has 1 saturated carbocycles. The lowest BCUT2D eigenvalue weighted by Gasteiger charge is -2.23. The molecule has 3 nitrogen and oxygen atoms in total. The molecule has 1 aliphatic rings. The maximum absolute atomic E-state index is 12.2. The molecule has 0 aromatic heterocycles. The van der Waals surface area contributed by atoms with E-state index >= 15 is 0 Å². The van der Waals surface area contributed by atoms with Gasteiger partial charge in [0.15, 0.2) is 0 Å². The summed E-state index contributed by atoms with van der Waals surface area (Å²) in [5.41, 5.74) is 0.709. The summed E-state index contributed by atoms with van der Waals surface area (Å²) in [6.07, 6.45) is 5.28. The molecular weight excluding hydrogens is 431 g/mol. The number of nitrogens with one attached hydrogen (secondary N) is 1. The van der Waals surface area contributed by atoms with Crippen molar-refractivity contribution in [2.24, 2.45) is 0 Å². The lowest BCUT2D eigenvalue weighted by Crippen LogP contribution is -2.37. The Morgan fingerprint density at radius 2 is 2.15 bits per heavy atom. The third-order valence-electron chi connectivity index (χ3n) is 3.87. The number of rotatable bonds is 5. The van der Waals surface area contributed by atoms with Crippen molar-refractivity contribution < 1.29 is 4.79 Å².